The number of halogens is 4. The number of hydrogen-bond donors (Lipinski definition) is 0. The van der Waals surface area contributed by atoms with Crippen molar-refractivity contribution in [3.05, 3.63) is 46.1 Å². The summed E-state index contributed by atoms with van der Waals surface area (Å²) >= 11 is 4.27. The highest BCUT2D eigenvalue weighted by Crippen LogP contribution is 2.43. The van der Waals surface area contributed by atoms with Gasteiger partial charge in [0.1, 0.15) is 5.03 Å². The lowest BCUT2D eigenvalue weighted by Gasteiger charge is -2.12. The number of rotatable bonds is 3. The van der Waals surface area contributed by atoms with Crippen LogP contribution >= 0.6 is 27.7 Å². The van der Waals surface area contributed by atoms with E-state index in [0.29, 0.717) is 10.6 Å². The van der Waals surface area contributed by atoms with E-state index in [1.165, 1.54) is 0 Å². The Morgan fingerprint density at radius 2 is 1.76 bits per heavy atom. The molecule has 1 aromatic carbocycles. The molecule has 110 valence electrons. The highest BCUT2D eigenvalue weighted by molar-refractivity contribution is 9.10. The summed E-state index contributed by atoms with van der Waals surface area (Å²) in [6.45, 7) is 0. The first-order valence-electron chi connectivity index (χ1n) is 6.32. The van der Waals surface area contributed by atoms with Crippen LogP contribution in [0.15, 0.2) is 44.7 Å². The van der Waals surface area contributed by atoms with Crippen LogP contribution in [0.25, 0.3) is 0 Å². The van der Waals surface area contributed by atoms with Crippen LogP contribution in [0.3, 0.4) is 0 Å². The van der Waals surface area contributed by atoms with E-state index in [0.717, 1.165) is 35.1 Å². The summed E-state index contributed by atoms with van der Waals surface area (Å²) < 4.78 is 40.4. The van der Waals surface area contributed by atoms with Crippen molar-refractivity contribution in [3.63, 3.8) is 0 Å². The van der Waals surface area contributed by atoms with Gasteiger partial charge in [0.25, 0.3) is 0 Å². The molecule has 0 atom stereocenters. The van der Waals surface area contributed by atoms with Crippen LogP contribution in [-0.4, -0.2) is 10.2 Å². The maximum absolute atomic E-state index is 13.2. The van der Waals surface area contributed by atoms with Gasteiger partial charge in [0.05, 0.1) is 11.3 Å². The second kappa shape index (κ2) is 5.61. The molecule has 21 heavy (non-hydrogen) atoms. The zero-order valence-electron chi connectivity index (χ0n) is 10.7. The molecule has 2 nitrogen and oxygen atoms in total. The van der Waals surface area contributed by atoms with Crippen LogP contribution < -0.4 is 0 Å². The monoisotopic (exact) mass is 374 g/mol. The Morgan fingerprint density at radius 3 is 2.33 bits per heavy atom. The number of nitrogens with zero attached hydrogens (tertiary/aromatic N) is 2. The maximum Gasteiger partial charge on any atom is 0.419 e. The molecular formula is C14H10BrF3N2S. The van der Waals surface area contributed by atoms with Crippen molar-refractivity contribution < 1.29 is 13.2 Å². The summed E-state index contributed by atoms with van der Waals surface area (Å²) in [4.78, 5) is 0.692. The van der Waals surface area contributed by atoms with Gasteiger partial charge in [-0.2, -0.15) is 18.3 Å². The summed E-state index contributed by atoms with van der Waals surface area (Å²) in [6, 6.07) is 8.19. The third kappa shape index (κ3) is 3.58. The fourth-order valence-corrected chi connectivity index (χ4v) is 2.99. The molecule has 0 unspecified atom stereocenters. The molecule has 1 aliphatic carbocycles. The Bertz CT molecular complexity index is 654. The van der Waals surface area contributed by atoms with Gasteiger partial charge in [0.2, 0.25) is 0 Å². The van der Waals surface area contributed by atoms with Crippen molar-refractivity contribution >= 4 is 27.7 Å². The molecule has 0 bridgehead atoms. The van der Waals surface area contributed by atoms with Crippen molar-refractivity contribution in [1.29, 1.82) is 0 Å². The predicted octanol–water partition coefficient (Wildman–Crippen LogP) is 5.29. The van der Waals surface area contributed by atoms with Gasteiger partial charge in [0.15, 0.2) is 0 Å². The van der Waals surface area contributed by atoms with Gasteiger partial charge in [-0.25, -0.2) is 0 Å². The van der Waals surface area contributed by atoms with E-state index in [1.807, 2.05) is 0 Å². The van der Waals surface area contributed by atoms with E-state index in [1.54, 1.807) is 24.3 Å². The summed E-state index contributed by atoms with van der Waals surface area (Å²) in [5.74, 6) is 0.144. The average Bonchev–Trinajstić information content (AvgIpc) is 3.25. The van der Waals surface area contributed by atoms with E-state index in [-0.39, 0.29) is 10.9 Å². The first kappa shape index (κ1) is 14.8. The summed E-state index contributed by atoms with van der Waals surface area (Å²) in [7, 11) is 0. The molecule has 0 N–H and O–H groups in total. The largest absolute Gasteiger partial charge is 0.419 e. The zero-order valence-corrected chi connectivity index (χ0v) is 13.1. The van der Waals surface area contributed by atoms with Crippen molar-refractivity contribution in [3.8, 4) is 0 Å². The second-order valence-electron chi connectivity index (χ2n) is 4.82. The topological polar surface area (TPSA) is 25.8 Å². The molecular weight excluding hydrogens is 365 g/mol. The summed E-state index contributed by atoms with van der Waals surface area (Å²) in [6.07, 6.45) is -2.63. The van der Waals surface area contributed by atoms with E-state index in [9.17, 15) is 13.2 Å². The molecule has 7 heteroatoms. The standard InChI is InChI=1S/C14H10BrF3N2S/c15-9-3-5-10(6-4-9)21-13-11(14(16,17)18)7-12(19-20-13)8-1-2-8/h3-8H,1-2H2. The van der Waals surface area contributed by atoms with Crippen molar-refractivity contribution in [2.24, 2.45) is 0 Å². The Kier molecular flexibility index (Phi) is 3.96. The van der Waals surface area contributed by atoms with Gasteiger partial charge in [-0.1, -0.05) is 27.7 Å². The number of alkyl halides is 3. The van der Waals surface area contributed by atoms with Gasteiger partial charge < -0.3 is 0 Å². The minimum absolute atomic E-state index is 0.103. The smallest absolute Gasteiger partial charge is 0.166 e. The van der Waals surface area contributed by atoms with Crippen LogP contribution in [0.1, 0.15) is 30.0 Å². The lowest BCUT2D eigenvalue weighted by molar-refractivity contribution is -0.140. The fourth-order valence-electron chi connectivity index (χ4n) is 1.87. The third-order valence-corrected chi connectivity index (χ3v) is 4.64. The predicted molar refractivity (Wildman–Crippen MR) is 77.3 cm³/mol. The number of benzene rings is 1. The molecule has 0 spiro atoms. The van der Waals surface area contributed by atoms with Crippen LogP contribution in [0.2, 0.25) is 0 Å². The Hall–Kier alpha value is -1.08. The Morgan fingerprint density at radius 1 is 1.10 bits per heavy atom. The van der Waals surface area contributed by atoms with Gasteiger partial charge in [0, 0.05) is 15.3 Å². The first-order chi connectivity index (χ1) is 9.93. The van der Waals surface area contributed by atoms with Gasteiger partial charge in [-0.3, -0.25) is 0 Å². The molecule has 3 rings (SSSR count). The lowest BCUT2D eigenvalue weighted by Crippen LogP contribution is -2.10. The molecule has 1 saturated carbocycles. The fraction of sp³-hybridized carbons (Fsp3) is 0.286. The van der Waals surface area contributed by atoms with Gasteiger partial charge >= 0.3 is 6.18 Å². The minimum atomic E-state index is -4.42. The molecule has 2 aromatic rings. The third-order valence-electron chi connectivity index (χ3n) is 3.11. The normalized spacial score (nSPS) is 15.2. The molecule has 1 aliphatic rings. The van der Waals surface area contributed by atoms with Gasteiger partial charge in [-0.05, 0) is 43.2 Å². The molecule has 0 aliphatic heterocycles. The minimum Gasteiger partial charge on any atom is -0.166 e. The maximum atomic E-state index is 13.2. The van der Waals surface area contributed by atoms with E-state index >= 15 is 0 Å². The average molecular weight is 375 g/mol. The first-order valence-corrected chi connectivity index (χ1v) is 7.92. The lowest BCUT2D eigenvalue weighted by atomic mass is 10.2. The highest BCUT2D eigenvalue weighted by atomic mass is 79.9. The van der Waals surface area contributed by atoms with E-state index < -0.39 is 11.7 Å². The second-order valence-corrected chi connectivity index (χ2v) is 6.79. The Labute approximate surface area is 132 Å². The van der Waals surface area contributed by atoms with Gasteiger partial charge in [-0.15, -0.1) is 5.10 Å². The van der Waals surface area contributed by atoms with E-state index in [2.05, 4.69) is 26.1 Å². The quantitative estimate of drug-likeness (QED) is 0.730. The summed E-state index contributed by atoms with van der Waals surface area (Å²) in [5, 5.41) is 7.65. The van der Waals surface area contributed by atoms with Crippen molar-refractivity contribution in [1.82, 2.24) is 10.2 Å². The summed E-state index contributed by atoms with van der Waals surface area (Å²) in [5.41, 5.74) is -0.255. The van der Waals surface area contributed by atoms with Crippen LogP contribution in [0.5, 0.6) is 0 Å². The molecule has 0 saturated heterocycles. The zero-order chi connectivity index (χ0) is 15.0. The molecule has 0 radical (unpaired) electrons. The molecule has 0 amide bonds. The van der Waals surface area contributed by atoms with Crippen molar-refractivity contribution in [2.45, 2.75) is 34.9 Å². The van der Waals surface area contributed by atoms with Crippen LogP contribution in [0.4, 0.5) is 13.2 Å². The Balaban J connectivity index is 1.94. The SMILES string of the molecule is FC(F)(F)c1cc(C2CC2)nnc1Sc1ccc(Br)cc1. The molecule has 1 heterocycles. The number of aromatic nitrogens is 2. The van der Waals surface area contributed by atoms with E-state index in [4.69, 9.17) is 0 Å². The molecule has 1 fully saturated rings. The van der Waals surface area contributed by atoms with Crippen LogP contribution in [0, 0.1) is 0 Å². The van der Waals surface area contributed by atoms with Crippen LogP contribution in [-0.2, 0) is 6.18 Å². The molecule has 1 aromatic heterocycles. The van der Waals surface area contributed by atoms with Crippen molar-refractivity contribution in [2.75, 3.05) is 0 Å². The highest BCUT2D eigenvalue weighted by Gasteiger charge is 2.37. The number of hydrogen-bond acceptors (Lipinski definition) is 3.